The zero-order valence-corrected chi connectivity index (χ0v) is 23.4. The SMILES string of the molecule is CCC(CC)(c1ccc(CCC(O)C2(C)CCCC2)c(C)c1)c1ccc(OCC2=CCC(=O)O2)c(C)c1. The van der Waals surface area contributed by atoms with Crippen LogP contribution in [-0.2, 0) is 21.4 Å². The van der Waals surface area contributed by atoms with Crippen molar-refractivity contribution in [3.8, 4) is 5.75 Å². The third-order valence-electron chi connectivity index (χ3n) is 9.18. The van der Waals surface area contributed by atoms with E-state index in [2.05, 4.69) is 65.0 Å². The monoisotopic (exact) mass is 504 g/mol. The first-order chi connectivity index (χ1) is 17.7. The normalized spacial score (nSPS) is 18.0. The van der Waals surface area contributed by atoms with Gasteiger partial charge in [-0.2, -0.15) is 0 Å². The molecule has 0 saturated heterocycles. The zero-order chi connectivity index (χ0) is 26.6. The Morgan fingerprint density at radius 2 is 1.68 bits per heavy atom. The van der Waals surface area contributed by atoms with Gasteiger partial charge >= 0.3 is 5.97 Å². The van der Waals surface area contributed by atoms with Crippen LogP contribution in [0.5, 0.6) is 5.75 Å². The Morgan fingerprint density at radius 1 is 1.03 bits per heavy atom. The number of aryl methyl sites for hydroxylation is 3. The van der Waals surface area contributed by atoms with Gasteiger partial charge in [0.1, 0.15) is 18.1 Å². The highest BCUT2D eigenvalue weighted by atomic mass is 16.6. The second-order valence-electron chi connectivity index (χ2n) is 11.5. The fraction of sp³-hybridized carbons (Fsp3) is 0.545. The van der Waals surface area contributed by atoms with Crippen molar-refractivity contribution in [3.05, 3.63) is 76.1 Å². The van der Waals surface area contributed by atoms with E-state index in [1.807, 2.05) is 6.07 Å². The molecule has 4 rings (SSSR count). The number of rotatable bonds is 11. The topological polar surface area (TPSA) is 55.8 Å². The van der Waals surface area contributed by atoms with Gasteiger partial charge in [0.05, 0.1) is 12.5 Å². The van der Waals surface area contributed by atoms with Crippen molar-refractivity contribution in [2.24, 2.45) is 5.41 Å². The summed E-state index contributed by atoms with van der Waals surface area (Å²) in [6, 6.07) is 13.4. The van der Waals surface area contributed by atoms with Crippen molar-refractivity contribution in [3.63, 3.8) is 0 Å². The lowest BCUT2D eigenvalue weighted by Crippen LogP contribution is -2.30. The van der Waals surface area contributed by atoms with E-state index in [4.69, 9.17) is 9.47 Å². The fourth-order valence-corrected chi connectivity index (χ4v) is 6.44. The number of aliphatic hydroxyl groups excluding tert-OH is 1. The lowest BCUT2D eigenvalue weighted by atomic mass is 9.69. The fourth-order valence-electron chi connectivity index (χ4n) is 6.44. The van der Waals surface area contributed by atoms with Crippen molar-refractivity contribution in [2.45, 2.75) is 104 Å². The molecule has 0 radical (unpaired) electrons. The number of aliphatic hydroxyl groups is 1. The molecule has 0 aromatic heterocycles. The second kappa shape index (κ2) is 11.4. The van der Waals surface area contributed by atoms with Crippen molar-refractivity contribution in [1.29, 1.82) is 0 Å². The second-order valence-corrected chi connectivity index (χ2v) is 11.5. The van der Waals surface area contributed by atoms with Crippen LogP contribution in [0.2, 0.25) is 0 Å². The predicted molar refractivity (Wildman–Crippen MR) is 149 cm³/mol. The Balaban J connectivity index is 1.50. The highest BCUT2D eigenvalue weighted by molar-refractivity contribution is 5.75. The summed E-state index contributed by atoms with van der Waals surface area (Å²) in [6.07, 6.45) is 10.4. The van der Waals surface area contributed by atoms with E-state index >= 15 is 0 Å². The Bertz CT molecular complexity index is 1140. The largest absolute Gasteiger partial charge is 0.485 e. The van der Waals surface area contributed by atoms with E-state index in [0.717, 1.165) is 49.8 Å². The Morgan fingerprint density at radius 3 is 2.24 bits per heavy atom. The number of cyclic esters (lactones) is 1. The van der Waals surface area contributed by atoms with Gasteiger partial charge in [-0.05, 0) is 97.7 Å². The molecule has 1 saturated carbocycles. The molecule has 2 aromatic carbocycles. The van der Waals surface area contributed by atoms with Crippen molar-refractivity contribution < 1.29 is 19.4 Å². The number of carbonyl (C=O) groups is 1. The minimum Gasteiger partial charge on any atom is -0.485 e. The number of ether oxygens (including phenoxy) is 2. The van der Waals surface area contributed by atoms with Crippen LogP contribution in [0.3, 0.4) is 0 Å². The molecule has 37 heavy (non-hydrogen) atoms. The smallest absolute Gasteiger partial charge is 0.314 e. The highest BCUT2D eigenvalue weighted by Gasteiger charge is 2.36. The van der Waals surface area contributed by atoms with Gasteiger partial charge < -0.3 is 14.6 Å². The quantitative estimate of drug-likeness (QED) is 0.322. The Hall–Kier alpha value is -2.59. The van der Waals surface area contributed by atoms with Crippen LogP contribution in [0, 0.1) is 19.3 Å². The third kappa shape index (κ3) is 5.80. The van der Waals surface area contributed by atoms with Crippen LogP contribution in [0.15, 0.2) is 48.2 Å². The first-order valence-electron chi connectivity index (χ1n) is 14.1. The minimum absolute atomic E-state index is 0.0765. The molecule has 1 unspecified atom stereocenters. The van der Waals surface area contributed by atoms with Crippen LogP contribution in [0.25, 0.3) is 0 Å². The lowest BCUT2D eigenvalue weighted by Gasteiger charge is -2.34. The molecule has 4 nitrogen and oxygen atoms in total. The minimum atomic E-state index is -0.222. The van der Waals surface area contributed by atoms with Gasteiger partial charge in [-0.25, -0.2) is 0 Å². The summed E-state index contributed by atoms with van der Waals surface area (Å²) in [5.41, 5.74) is 6.39. The van der Waals surface area contributed by atoms with Gasteiger partial charge in [0, 0.05) is 5.41 Å². The molecule has 0 amide bonds. The summed E-state index contributed by atoms with van der Waals surface area (Å²) in [4.78, 5) is 11.3. The average Bonchev–Trinajstić information content (AvgIpc) is 3.52. The summed E-state index contributed by atoms with van der Waals surface area (Å²) in [6.45, 7) is 11.4. The van der Waals surface area contributed by atoms with Crippen LogP contribution in [0.4, 0.5) is 0 Å². The number of esters is 1. The molecule has 1 N–H and O–H groups in total. The van der Waals surface area contributed by atoms with Gasteiger partial charge in [-0.3, -0.25) is 4.79 Å². The number of carbonyl (C=O) groups excluding carboxylic acids is 1. The van der Waals surface area contributed by atoms with Crippen LogP contribution >= 0.6 is 0 Å². The van der Waals surface area contributed by atoms with E-state index in [-0.39, 0.29) is 29.5 Å². The molecule has 200 valence electrons. The summed E-state index contributed by atoms with van der Waals surface area (Å²) in [5, 5.41) is 10.9. The molecule has 1 fully saturated rings. The van der Waals surface area contributed by atoms with E-state index in [1.165, 1.54) is 35.1 Å². The molecule has 1 aliphatic heterocycles. The van der Waals surface area contributed by atoms with E-state index in [0.29, 0.717) is 12.2 Å². The van der Waals surface area contributed by atoms with Crippen LogP contribution in [-0.4, -0.2) is 23.8 Å². The van der Waals surface area contributed by atoms with E-state index in [1.54, 1.807) is 6.08 Å². The number of benzene rings is 2. The third-order valence-corrected chi connectivity index (χ3v) is 9.18. The molecule has 1 heterocycles. The van der Waals surface area contributed by atoms with E-state index < -0.39 is 0 Å². The Labute approximate surface area is 223 Å². The summed E-state index contributed by atoms with van der Waals surface area (Å²) in [5.74, 6) is 1.18. The zero-order valence-electron chi connectivity index (χ0n) is 23.4. The predicted octanol–water partition coefficient (Wildman–Crippen LogP) is 7.49. The molecule has 2 aliphatic rings. The van der Waals surface area contributed by atoms with Crippen LogP contribution in [0.1, 0.15) is 100.0 Å². The highest BCUT2D eigenvalue weighted by Crippen LogP contribution is 2.43. The first-order valence-corrected chi connectivity index (χ1v) is 14.1. The molecule has 1 aliphatic carbocycles. The summed E-state index contributed by atoms with van der Waals surface area (Å²) >= 11 is 0. The molecule has 4 heteroatoms. The first kappa shape index (κ1) is 27.4. The molecular weight excluding hydrogens is 460 g/mol. The molecule has 0 bridgehead atoms. The van der Waals surface area contributed by atoms with Crippen molar-refractivity contribution in [1.82, 2.24) is 0 Å². The van der Waals surface area contributed by atoms with Gasteiger partial charge in [0.15, 0.2) is 0 Å². The number of hydrogen-bond donors (Lipinski definition) is 1. The van der Waals surface area contributed by atoms with Gasteiger partial charge in [-0.15, -0.1) is 0 Å². The van der Waals surface area contributed by atoms with Gasteiger partial charge in [0.2, 0.25) is 0 Å². The lowest BCUT2D eigenvalue weighted by molar-refractivity contribution is -0.136. The van der Waals surface area contributed by atoms with Gasteiger partial charge in [0.25, 0.3) is 0 Å². The molecule has 1 atom stereocenters. The Kier molecular flexibility index (Phi) is 8.48. The molecule has 0 spiro atoms. The maximum Gasteiger partial charge on any atom is 0.314 e. The maximum absolute atomic E-state index is 11.3. The number of hydrogen-bond acceptors (Lipinski definition) is 4. The van der Waals surface area contributed by atoms with Crippen molar-refractivity contribution in [2.75, 3.05) is 6.61 Å². The standard InChI is InChI=1S/C33H44O4/c1-6-33(7-2,27-13-15-29(24(4)21-27)36-22-28-14-17-31(35)37-28)26-12-10-25(23(3)20-26)11-16-30(34)32(5)18-8-9-19-32/h10,12-15,20-21,30,34H,6-9,11,16-19,22H2,1-5H3. The van der Waals surface area contributed by atoms with Gasteiger partial charge in [-0.1, -0.05) is 63.9 Å². The van der Waals surface area contributed by atoms with Crippen molar-refractivity contribution >= 4 is 5.97 Å². The van der Waals surface area contributed by atoms with E-state index in [9.17, 15) is 9.90 Å². The molecule has 2 aromatic rings. The molecular formula is C33H44O4. The average molecular weight is 505 g/mol. The summed E-state index contributed by atoms with van der Waals surface area (Å²) in [7, 11) is 0. The maximum atomic E-state index is 11.3. The summed E-state index contributed by atoms with van der Waals surface area (Å²) < 4.78 is 11.1. The van der Waals surface area contributed by atoms with Crippen LogP contribution < -0.4 is 4.74 Å².